The summed E-state index contributed by atoms with van der Waals surface area (Å²) in [5.41, 5.74) is 2.82. The van der Waals surface area contributed by atoms with Crippen molar-refractivity contribution in [3.8, 4) is 17.2 Å². The molecule has 150 valence electrons. The number of carbonyl (C=O) groups excluding carboxylic acids is 1. The molecule has 7 heteroatoms. The Morgan fingerprint density at radius 1 is 1.31 bits per heavy atom. The van der Waals surface area contributed by atoms with E-state index in [0.717, 1.165) is 17.1 Å². The molecule has 0 aliphatic carbocycles. The summed E-state index contributed by atoms with van der Waals surface area (Å²) in [6.07, 6.45) is 2.79. The van der Waals surface area contributed by atoms with Gasteiger partial charge in [-0.2, -0.15) is 5.10 Å². The molecule has 0 saturated heterocycles. The van der Waals surface area contributed by atoms with Crippen molar-refractivity contribution in [1.82, 2.24) is 15.1 Å². The zero-order chi connectivity index (χ0) is 20.4. The predicted octanol–water partition coefficient (Wildman–Crippen LogP) is 3.84. The van der Waals surface area contributed by atoms with Gasteiger partial charge >= 0.3 is 0 Å². The predicted molar refractivity (Wildman–Crippen MR) is 106 cm³/mol. The van der Waals surface area contributed by atoms with Gasteiger partial charge in [0, 0.05) is 12.0 Å². The lowest BCUT2D eigenvalue weighted by Gasteiger charge is -2.26. The minimum absolute atomic E-state index is 0.233. The molecule has 0 spiro atoms. The number of hydrogen-bond donors (Lipinski definition) is 1. The second-order valence-electron chi connectivity index (χ2n) is 6.81. The fourth-order valence-electron chi connectivity index (χ4n) is 3.60. The highest BCUT2D eigenvalue weighted by Crippen LogP contribution is 2.33. The standard InChI is InChI=1S/C22H22FN3O3/c1-3-20-18(13-24-26(20)15-5-7-16(28-2)8-6-15)22(27)25-19-10-11-29-21-9-4-14(23)12-17(19)21/h4-9,12-13,19H,3,10-11H2,1-2H3,(H,25,27). The molecule has 6 nitrogen and oxygen atoms in total. The van der Waals surface area contributed by atoms with E-state index >= 15 is 0 Å². The van der Waals surface area contributed by atoms with Crippen molar-refractivity contribution in [2.45, 2.75) is 25.8 Å². The zero-order valence-electron chi connectivity index (χ0n) is 16.3. The van der Waals surface area contributed by atoms with Gasteiger partial charge < -0.3 is 14.8 Å². The Kier molecular flexibility index (Phi) is 5.20. The van der Waals surface area contributed by atoms with Crippen LogP contribution >= 0.6 is 0 Å². The van der Waals surface area contributed by atoms with Gasteiger partial charge in [0.1, 0.15) is 17.3 Å². The molecule has 3 aromatic rings. The van der Waals surface area contributed by atoms with E-state index in [1.54, 1.807) is 24.1 Å². The maximum absolute atomic E-state index is 13.7. The van der Waals surface area contributed by atoms with Crippen LogP contribution in [0.5, 0.6) is 11.5 Å². The van der Waals surface area contributed by atoms with Gasteiger partial charge in [0.25, 0.3) is 5.91 Å². The molecule has 1 amide bonds. The summed E-state index contributed by atoms with van der Waals surface area (Å²) < 4.78 is 26.2. The summed E-state index contributed by atoms with van der Waals surface area (Å²) in [6, 6.07) is 11.6. The number of methoxy groups -OCH3 is 1. The first-order valence-corrected chi connectivity index (χ1v) is 9.55. The lowest BCUT2D eigenvalue weighted by Crippen LogP contribution is -2.32. The average molecular weight is 395 g/mol. The van der Waals surface area contributed by atoms with Gasteiger partial charge in [-0.1, -0.05) is 6.92 Å². The Bertz CT molecular complexity index is 1030. The molecule has 0 fully saturated rings. The molecule has 2 heterocycles. The van der Waals surface area contributed by atoms with Crippen LogP contribution in [0.15, 0.2) is 48.7 Å². The van der Waals surface area contributed by atoms with E-state index in [4.69, 9.17) is 9.47 Å². The molecule has 1 aliphatic heterocycles. The van der Waals surface area contributed by atoms with Crippen molar-refractivity contribution in [1.29, 1.82) is 0 Å². The highest BCUT2D eigenvalue weighted by molar-refractivity contribution is 5.95. The molecule has 0 saturated carbocycles. The van der Waals surface area contributed by atoms with Gasteiger partial charge in [-0.15, -0.1) is 0 Å². The first-order valence-electron chi connectivity index (χ1n) is 9.55. The molecule has 1 unspecified atom stereocenters. The summed E-state index contributed by atoms with van der Waals surface area (Å²) in [5, 5.41) is 7.43. The largest absolute Gasteiger partial charge is 0.497 e. The van der Waals surface area contributed by atoms with Crippen molar-refractivity contribution in [3.63, 3.8) is 0 Å². The van der Waals surface area contributed by atoms with E-state index in [1.165, 1.54) is 12.1 Å². The third kappa shape index (κ3) is 3.68. The van der Waals surface area contributed by atoms with E-state index in [2.05, 4.69) is 10.4 Å². The van der Waals surface area contributed by atoms with Gasteiger partial charge in [0.2, 0.25) is 0 Å². The highest BCUT2D eigenvalue weighted by Gasteiger charge is 2.26. The number of nitrogens with zero attached hydrogens (tertiary/aromatic N) is 2. The maximum Gasteiger partial charge on any atom is 0.255 e. The summed E-state index contributed by atoms with van der Waals surface area (Å²) >= 11 is 0. The fourth-order valence-corrected chi connectivity index (χ4v) is 3.60. The lowest BCUT2D eigenvalue weighted by atomic mass is 10.00. The van der Waals surface area contributed by atoms with Crippen LogP contribution in [-0.2, 0) is 6.42 Å². The molecular formula is C22H22FN3O3. The molecule has 1 aromatic heterocycles. The Labute approximate surface area is 168 Å². The van der Waals surface area contributed by atoms with E-state index in [-0.39, 0.29) is 17.8 Å². The number of aromatic nitrogens is 2. The van der Waals surface area contributed by atoms with Crippen LogP contribution in [0.3, 0.4) is 0 Å². The van der Waals surface area contributed by atoms with Crippen LogP contribution in [0.4, 0.5) is 4.39 Å². The number of ether oxygens (including phenoxy) is 2. The summed E-state index contributed by atoms with van der Waals surface area (Å²) in [7, 11) is 1.61. The van der Waals surface area contributed by atoms with E-state index in [0.29, 0.717) is 36.3 Å². The highest BCUT2D eigenvalue weighted by atomic mass is 19.1. The molecule has 1 N–H and O–H groups in total. The van der Waals surface area contributed by atoms with Gasteiger partial charge in [-0.3, -0.25) is 4.79 Å². The number of benzene rings is 2. The lowest BCUT2D eigenvalue weighted by molar-refractivity contribution is 0.0923. The average Bonchev–Trinajstić information content (AvgIpc) is 3.18. The smallest absolute Gasteiger partial charge is 0.255 e. The van der Waals surface area contributed by atoms with Gasteiger partial charge in [0.15, 0.2) is 0 Å². The van der Waals surface area contributed by atoms with Crippen LogP contribution in [0.25, 0.3) is 5.69 Å². The van der Waals surface area contributed by atoms with Gasteiger partial charge in [-0.05, 0) is 48.9 Å². The van der Waals surface area contributed by atoms with Crippen molar-refractivity contribution in [2.24, 2.45) is 0 Å². The molecular weight excluding hydrogens is 373 g/mol. The molecule has 0 radical (unpaired) electrons. The minimum Gasteiger partial charge on any atom is -0.497 e. The Morgan fingerprint density at radius 2 is 2.10 bits per heavy atom. The second-order valence-corrected chi connectivity index (χ2v) is 6.81. The number of nitrogens with one attached hydrogen (secondary N) is 1. The Morgan fingerprint density at radius 3 is 2.83 bits per heavy atom. The summed E-state index contributed by atoms with van der Waals surface area (Å²) in [4.78, 5) is 13.0. The molecule has 1 atom stereocenters. The number of fused-ring (bicyclic) bond motifs is 1. The first-order chi connectivity index (χ1) is 14.1. The zero-order valence-corrected chi connectivity index (χ0v) is 16.3. The monoisotopic (exact) mass is 395 g/mol. The molecule has 1 aliphatic rings. The maximum atomic E-state index is 13.7. The second kappa shape index (κ2) is 7.95. The molecule has 0 bridgehead atoms. The van der Waals surface area contributed by atoms with E-state index in [1.807, 2.05) is 31.2 Å². The third-order valence-electron chi connectivity index (χ3n) is 5.08. The van der Waals surface area contributed by atoms with Crippen LogP contribution in [0, 0.1) is 5.82 Å². The Balaban J connectivity index is 1.60. The molecule has 29 heavy (non-hydrogen) atoms. The molecule has 4 rings (SSSR count). The quantitative estimate of drug-likeness (QED) is 0.713. The number of amides is 1. The number of hydrogen-bond acceptors (Lipinski definition) is 4. The van der Waals surface area contributed by atoms with E-state index in [9.17, 15) is 9.18 Å². The SMILES string of the molecule is CCc1c(C(=O)NC2CCOc3ccc(F)cc32)cnn1-c1ccc(OC)cc1. The van der Waals surface area contributed by atoms with Crippen molar-refractivity contribution in [2.75, 3.05) is 13.7 Å². The number of carbonyl (C=O) groups is 1. The third-order valence-corrected chi connectivity index (χ3v) is 5.08. The van der Waals surface area contributed by atoms with Crippen LogP contribution in [0.1, 0.15) is 41.0 Å². The number of rotatable bonds is 5. The van der Waals surface area contributed by atoms with Gasteiger partial charge in [0.05, 0.1) is 42.9 Å². The topological polar surface area (TPSA) is 65.4 Å². The number of halogens is 1. The minimum atomic E-state index is -0.352. The van der Waals surface area contributed by atoms with Crippen molar-refractivity contribution >= 4 is 5.91 Å². The normalized spacial score (nSPS) is 15.3. The van der Waals surface area contributed by atoms with Crippen molar-refractivity contribution < 1.29 is 18.7 Å². The Hall–Kier alpha value is -3.35. The molecule has 2 aromatic carbocycles. The first kappa shape index (κ1) is 19.0. The van der Waals surface area contributed by atoms with Crippen LogP contribution in [-0.4, -0.2) is 29.4 Å². The summed E-state index contributed by atoms with van der Waals surface area (Å²) in [6.45, 7) is 2.45. The van der Waals surface area contributed by atoms with Crippen molar-refractivity contribution in [3.05, 3.63) is 71.3 Å². The van der Waals surface area contributed by atoms with E-state index < -0.39 is 0 Å². The van der Waals surface area contributed by atoms with Gasteiger partial charge in [-0.25, -0.2) is 9.07 Å². The van der Waals surface area contributed by atoms with Crippen LogP contribution < -0.4 is 14.8 Å². The fraction of sp³-hybridized carbons (Fsp3) is 0.273. The summed E-state index contributed by atoms with van der Waals surface area (Å²) in [5.74, 6) is 0.772. The van der Waals surface area contributed by atoms with Crippen LogP contribution in [0.2, 0.25) is 0 Å².